The molecule has 3 amide bonds. The second-order valence-corrected chi connectivity index (χ2v) is 13.5. The first-order valence-electron chi connectivity index (χ1n) is 15.5. The summed E-state index contributed by atoms with van der Waals surface area (Å²) in [7, 11) is 1.24. The predicted molar refractivity (Wildman–Crippen MR) is 178 cm³/mol. The van der Waals surface area contributed by atoms with Crippen LogP contribution in [0.15, 0.2) is 79.1 Å². The number of alkyl carbamates (subject to hydrolysis) is 2. The van der Waals surface area contributed by atoms with E-state index in [9.17, 15) is 19.5 Å². The maximum absolute atomic E-state index is 13.7. The zero-order chi connectivity index (χ0) is 33.9. The van der Waals surface area contributed by atoms with Crippen molar-refractivity contribution in [2.75, 3.05) is 7.11 Å². The molecule has 3 aromatic rings. The Labute approximate surface area is 272 Å². The van der Waals surface area contributed by atoms with Gasteiger partial charge in [0.15, 0.2) is 0 Å². The van der Waals surface area contributed by atoms with Crippen molar-refractivity contribution in [3.8, 4) is 11.1 Å². The van der Waals surface area contributed by atoms with Crippen molar-refractivity contribution in [2.24, 2.45) is 5.41 Å². The lowest BCUT2D eigenvalue weighted by Gasteiger charge is -2.33. The molecule has 0 fully saturated rings. The number of aliphatic hydroxyl groups excluding tert-OH is 1. The number of aromatic nitrogens is 1. The number of nitrogens with one attached hydrogen (secondary N) is 3. The van der Waals surface area contributed by atoms with Crippen LogP contribution in [0.3, 0.4) is 0 Å². The van der Waals surface area contributed by atoms with E-state index in [0.29, 0.717) is 12.8 Å². The van der Waals surface area contributed by atoms with E-state index < -0.39 is 53.3 Å². The van der Waals surface area contributed by atoms with Crippen LogP contribution in [0.25, 0.3) is 11.1 Å². The van der Waals surface area contributed by atoms with Crippen molar-refractivity contribution >= 4 is 18.1 Å². The molecule has 0 saturated carbocycles. The number of pyridine rings is 1. The summed E-state index contributed by atoms with van der Waals surface area (Å²) in [4.78, 5) is 42.9. The molecule has 10 nitrogen and oxygen atoms in total. The molecule has 4 N–H and O–H groups in total. The standard InChI is InChI=1S/C36H48N4O6/c1-35(2,3)31(40-33(43)45-7)32(42)38-28(20-25-15-17-26(18-16-25)27-14-11-19-37-23-27)22-30(41)29(21-24-12-9-8-10-13-24)39-34(44)46-36(4,5)6/h8-19,23,28-31,41H,20-22H2,1-7H3,(H,38,42)(H,39,44)(H,40,43)/t28-,29-,30-,31+/m0/s1. The summed E-state index contributed by atoms with van der Waals surface area (Å²) in [6.45, 7) is 10.8. The van der Waals surface area contributed by atoms with E-state index in [2.05, 4.69) is 20.9 Å². The molecule has 0 unspecified atom stereocenters. The summed E-state index contributed by atoms with van der Waals surface area (Å²) in [5.41, 5.74) is 2.47. The molecule has 248 valence electrons. The molecule has 0 saturated heterocycles. The zero-order valence-corrected chi connectivity index (χ0v) is 27.9. The summed E-state index contributed by atoms with van der Waals surface area (Å²) >= 11 is 0. The van der Waals surface area contributed by atoms with Crippen LogP contribution in [-0.4, -0.2) is 65.1 Å². The van der Waals surface area contributed by atoms with Gasteiger partial charge in [-0.25, -0.2) is 9.59 Å². The molecule has 3 rings (SSSR count). The van der Waals surface area contributed by atoms with E-state index >= 15 is 0 Å². The second kappa shape index (κ2) is 16.2. The fraction of sp³-hybridized carbons (Fsp3) is 0.444. The van der Waals surface area contributed by atoms with Crippen molar-refractivity contribution in [1.29, 1.82) is 0 Å². The molecule has 0 bridgehead atoms. The molecule has 1 aromatic heterocycles. The van der Waals surface area contributed by atoms with Gasteiger partial charge in [-0.3, -0.25) is 9.78 Å². The summed E-state index contributed by atoms with van der Waals surface area (Å²) in [5.74, 6) is -0.415. The number of amides is 3. The number of carbonyl (C=O) groups is 3. The average molecular weight is 633 g/mol. The Morgan fingerprint density at radius 1 is 0.783 bits per heavy atom. The maximum Gasteiger partial charge on any atom is 0.407 e. The quantitative estimate of drug-likeness (QED) is 0.209. The molecule has 46 heavy (non-hydrogen) atoms. The Bertz CT molecular complexity index is 1400. The third kappa shape index (κ3) is 11.8. The van der Waals surface area contributed by atoms with E-state index in [0.717, 1.165) is 22.3 Å². The Morgan fingerprint density at radius 2 is 1.43 bits per heavy atom. The number of rotatable bonds is 12. The summed E-state index contributed by atoms with van der Waals surface area (Å²) in [5, 5.41) is 20.2. The molecule has 2 aromatic carbocycles. The molecule has 0 aliphatic heterocycles. The Hall–Kier alpha value is -4.44. The second-order valence-electron chi connectivity index (χ2n) is 13.5. The van der Waals surface area contributed by atoms with Gasteiger partial charge in [0.1, 0.15) is 11.6 Å². The fourth-order valence-electron chi connectivity index (χ4n) is 5.05. The van der Waals surface area contributed by atoms with E-state index in [1.165, 1.54) is 7.11 Å². The van der Waals surface area contributed by atoms with Gasteiger partial charge in [0.2, 0.25) is 5.91 Å². The minimum Gasteiger partial charge on any atom is -0.453 e. The van der Waals surface area contributed by atoms with Crippen LogP contribution in [-0.2, 0) is 27.1 Å². The number of benzene rings is 2. The predicted octanol–water partition coefficient (Wildman–Crippen LogP) is 5.43. The largest absolute Gasteiger partial charge is 0.453 e. The molecular formula is C36H48N4O6. The first-order valence-corrected chi connectivity index (χ1v) is 15.5. The summed E-state index contributed by atoms with van der Waals surface area (Å²) in [6.07, 6.45) is 1.93. The van der Waals surface area contributed by atoms with E-state index in [4.69, 9.17) is 9.47 Å². The van der Waals surface area contributed by atoms with Gasteiger partial charge in [0.25, 0.3) is 0 Å². The van der Waals surface area contributed by atoms with Gasteiger partial charge in [0.05, 0.1) is 19.3 Å². The number of methoxy groups -OCH3 is 1. The highest BCUT2D eigenvalue weighted by molar-refractivity contribution is 5.86. The Morgan fingerprint density at radius 3 is 2.00 bits per heavy atom. The molecule has 0 radical (unpaired) electrons. The topological polar surface area (TPSA) is 139 Å². The van der Waals surface area contributed by atoms with Gasteiger partial charge >= 0.3 is 12.2 Å². The van der Waals surface area contributed by atoms with Crippen LogP contribution in [0.4, 0.5) is 9.59 Å². The normalized spacial score (nSPS) is 14.3. The van der Waals surface area contributed by atoms with Crippen LogP contribution in [0.2, 0.25) is 0 Å². The fourth-order valence-corrected chi connectivity index (χ4v) is 5.05. The zero-order valence-electron chi connectivity index (χ0n) is 27.9. The number of hydrogen-bond acceptors (Lipinski definition) is 7. The molecule has 10 heteroatoms. The van der Waals surface area contributed by atoms with Crippen molar-refractivity contribution in [2.45, 2.75) is 90.6 Å². The lowest BCUT2D eigenvalue weighted by atomic mass is 9.85. The highest BCUT2D eigenvalue weighted by atomic mass is 16.6. The van der Waals surface area contributed by atoms with Gasteiger partial charge in [-0.05, 0) is 73.8 Å². The van der Waals surface area contributed by atoms with Gasteiger partial charge in [-0.15, -0.1) is 0 Å². The molecule has 0 aliphatic carbocycles. The highest BCUT2D eigenvalue weighted by Crippen LogP contribution is 2.23. The van der Waals surface area contributed by atoms with Crippen LogP contribution in [0, 0.1) is 5.41 Å². The molecule has 4 atom stereocenters. The minimum absolute atomic E-state index is 0.110. The maximum atomic E-state index is 13.7. The number of nitrogens with zero attached hydrogens (tertiary/aromatic N) is 1. The van der Waals surface area contributed by atoms with Crippen LogP contribution < -0.4 is 16.0 Å². The average Bonchev–Trinajstić information content (AvgIpc) is 2.99. The molecular weight excluding hydrogens is 584 g/mol. The van der Waals surface area contributed by atoms with E-state index in [1.807, 2.05) is 87.5 Å². The van der Waals surface area contributed by atoms with Crippen molar-refractivity contribution in [3.05, 3.63) is 90.3 Å². The van der Waals surface area contributed by atoms with Gasteiger partial charge in [-0.2, -0.15) is 0 Å². The lowest BCUT2D eigenvalue weighted by molar-refractivity contribution is -0.126. The Balaban J connectivity index is 1.89. The van der Waals surface area contributed by atoms with Gasteiger partial charge in [0, 0.05) is 18.4 Å². The first kappa shape index (κ1) is 36.0. The van der Waals surface area contributed by atoms with Crippen molar-refractivity contribution in [1.82, 2.24) is 20.9 Å². The monoisotopic (exact) mass is 632 g/mol. The van der Waals surface area contributed by atoms with Crippen LogP contribution in [0.1, 0.15) is 59.1 Å². The number of ether oxygens (including phenoxy) is 2. The van der Waals surface area contributed by atoms with Gasteiger partial charge in [-0.1, -0.05) is 81.4 Å². The molecule has 1 heterocycles. The summed E-state index contributed by atoms with van der Waals surface area (Å²) < 4.78 is 10.3. The van der Waals surface area contributed by atoms with Crippen LogP contribution >= 0.6 is 0 Å². The third-order valence-electron chi connectivity index (χ3n) is 7.34. The molecule has 0 aliphatic rings. The third-order valence-corrected chi connectivity index (χ3v) is 7.34. The van der Waals surface area contributed by atoms with E-state index in [-0.39, 0.29) is 6.42 Å². The summed E-state index contributed by atoms with van der Waals surface area (Å²) in [6, 6.07) is 19.1. The van der Waals surface area contributed by atoms with E-state index in [1.54, 1.807) is 33.2 Å². The van der Waals surface area contributed by atoms with Gasteiger partial charge < -0.3 is 30.5 Å². The van der Waals surface area contributed by atoms with Crippen molar-refractivity contribution in [3.63, 3.8) is 0 Å². The number of aliphatic hydroxyl groups is 1. The molecule has 0 spiro atoms. The van der Waals surface area contributed by atoms with Crippen molar-refractivity contribution < 1.29 is 29.0 Å². The van der Waals surface area contributed by atoms with Crippen LogP contribution in [0.5, 0.6) is 0 Å². The smallest absolute Gasteiger partial charge is 0.407 e. The SMILES string of the molecule is COC(=O)N[C@H](C(=O)N[C@@H](Cc1ccc(-c2cccnc2)cc1)C[C@H](O)[C@H](Cc1ccccc1)NC(=O)OC(C)(C)C)C(C)(C)C. The number of hydrogen-bond donors (Lipinski definition) is 4. The minimum atomic E-state index is -1.06. The highest BCUT2D eigenvalue weighted by Gasteiger charge is 2.35. The Kier molecular flexibility index (Phi) is 12.7. The number of carbonyl (C=O) groups excluding carboxylic acids is 3. The first-order chi connectivity index (χ1) is 21.6. The lowest BCUT2D eigenvalue weighted by Crippen LogP contribution is -2.56.